The molecule has 0 bridgehead atoms. The Balaban J connectivity index is 2.39. The molecular weight excluding hydrogens is 154 g/mol. The van der Waals surface area contributed by atoms with Crippen LogP contribution in [0.1, 0.15) is 47.5 Å². The first-order chi connectivity index (χ1) is 5.86. The second-order valence-corrected chi connectivity index (χ2v) is 3.15. The van der Waals surface area contributed by atoms with Crippen molar-refractivity contribution in [3.63, 3.8) is 0 Å². The summed E-state index contributed by atoms with van der Waals surface area (Å²) < 4.78 is 5.12. The van der Waals surface area contributed by atoms with E-state index in [4.69, 9.17) is 4.52 Å². The number of carbonyl (C=O) groups excluding carboxylic acids is 1. The van der Waals surface area contributed by atoms with Crippen molar-refractivity contribution in [1.82, 2.24) is 5.16 Å². The summed E-state index contributed by atoms with van der Waals surface area (Å²) in [5, 5.41) is 3.86. The fourth-order valence-electron chi connectivity index (χ4n) is 1.37. The maximum absolute atomic E-state index is 10.7. The van der Waals surface area contributed by atoms with Crippen molar-refractivity contribution in [3.8, 4) is 0 Å². The van der Waals surface area contributed by atoms with Gasteiger partial charge in [0, 0.05) is 5.92 Å². The van der Waals surface area contributed by atoms with E-state index in [2.05, 4.69) is 5.16 Å². The lowest BCUT2D eigenvalue weighted by atomic mass is 10.1. The zero-order valence-electron chi connectivity index (χ0n) is 7.04. The highest BCUT2D eigenvalue weighted by atomic mass is 16.5. The maximum atomic E-state index is 10.7. The summed E-state index contributed by atoms with van der Waals surface area (Å²) in [5.74, 6) is 1.28. The number of carbonyl (C=O) groups is 1. The molecule has 1 aromatic rings. The second-order valence-electron chi connectivity index (χ2n) is 3.15. The molecular formula is C9H11NO2. The number of nitrogens with zero attached hydrogens (tertiary/aromatic N) is 1. The van der Waals surface area contributed by atoms with Crippen molar-refractivity contribution < 1.29 is 9.32 Å². The predicted octanol–water partition coefficient (Wildman–Crippen LogP) is 1.93. The molecule has 0 saturated heterocycles. The topological polar surface area (TPSA) is 43.1 Å². The van der Waals surface area contributed by atoms with Gasteiger partial charge >= 0.3 is 0 Å². The molecule has 1 saturated carbocycles. The van der Waals surface area contributed by atoms with Crippen LogP contribution in [0.4, 0.5) is 0 Å². The van der Waals surface area contributed by atoms with Gasteiger partial charge in [-0.2, -0.15) is 0 Å². The zero-order chi connectivity index (χ0) is 8.55. The average molecular weight is 165 g/mol. The Morgan fingerprint density at radius 2 is 2.42 bits per heavy atom. The minimum absolute atomic E-state index is 0.470. The van der Waals surface area contributed by atoms with Gasteiger partial charge in [-0.25, -0.2) is 0 Å². The normalized spacial score (nSPS) is 16.4. The molecule has 3 nitrogen and oxygen atoms in total. The number of aldehydes is 1. The Hall–Kier alpha value is -1.12. The SMILES string of the molecule is CCc1noc(C2CC2)c1C=O. The number of aryl methyl sites for hydroxylation is 1. The van der Waals surface area contributed by atoms with Crippen LogP contribution in [0.2, 0.25) is 0 Å². The van der Waals surface area contributed by atoms with Crippen LogP contribution in [-0.4, -0.2) is 11.4 Å². The molecule has 0 N–H and O–H groups in total. The van der Waals surface area contributed by atoms with Crippen molar-refractivity contribution >= 4 is 6.29 Å². The van der Waals surface area contributed by atoms with Crippen LogP contribution in [0, 0.1) is 0 Å². The molecule has 1 fully saturated rings. The summed E-state index contributed by atoms with van der Waals surface area (Å²) in [5.41, 5.74) is 1.49. The molecule has 0 spiro atoms. The summed E-state index contributed by atoms with van der Waals surface area (Å²) in [4.78, 5) is 10.7. The van der Waals surface area contributed by atoms with Gasteiger partial charge in [-0.05, 0) is 19.3 Å². The van der Waals surface area contributed by atoms with Crippen molar-refractivity contribution in [2.75, 3.05) is 0 Å². The lowest BCUT2D eigenvalue weighted by Crippen LogP contribution is -1.89. The molecule has 0 radical (unpaired) electrons. The summed E-state index contributed by atoms with van der Waals surface area (Å²) in [6.07, 6.45) is 3.91. The van der Waals surface area contributed by atoms with E-state index in [1.54, 1.807) is 0 Å². The third-order valence-corrected chi connectivity index (χ3v) is 2.23. The number of hydrogen-bond acceptors (Lipinski definition) is 3. The third kappa shape index (κ3) is 1.05. The van der Waals surface area contributed by atoms with Gasteiger partial charge in [0.2, 0.25) is 0 Å². The molecule has 3 heteroatoms. The summed E-state index contributed by atoms with van der Waals surface area (Å²) in [7, 11) is 0. The first kappa shape index (κ1) is 7.53. The van der Waals surface area contributed by atoms with Gasteiger partial charge in [0.05, 0.1) is 11.3 Å². The Labute approximate surface area is 70.7 Å². The molecule has 0 aliphatic heterocycles. The fourth-order valence-corrected chi connectivity index (χ4v) is 1.37. The molecule has 0 atom stereocenters. The quantitative estimate of drug-likeness (QED) is 0.642. The molecule has 1 aliphatic rings. The Kier molecular flexibility index (Phi) is 1.71. The Morgan fingerprint density at radius 3 is 2.92 bits per heavy atom. The van der Waals surface area contributed by atoms with Gasteiger partial charge < -0.3 is 4.52 Å². The first-order valence-electron chi connectivity index (χ1n) is 4.30. The number of aromatic nitrogens is 1. The lowest BCUT2D eigenvalue weighted by molar-refractivity contribution is 0.112. The van der Waals surface area contributed by atoms with E-state index in [1.807, 2.05) is 6.92 Å². The van der Waals surface area contributed by atoms with E-state index in [-0.39, 0.29) is 0 Å². The molecule has 64 valence electrons. The smallest absolute Gasteiger partial charge is 0.155 e. The molecule has 0 unspecified atom stereocenters. The van der Waals surface area contributed by atoms with Crippen LogP contribution in [0.3, 0.4) is 0 Å². The highest BCUT2D eigenvalue weighted by Gasteiger charge is 2.31. The van der Waals surface area contributed by atoms with E-state index in [9.17, 15) is 4.79 Å². The molecule has 0 amide bonds. The highest BCUT2D eigenvalue weighted by Crippen LogP contribution is 2.41. The lowest BCUT2D eigenvalue weighted by Gasteiger charge is -1.89. The van der Waals surface area contributed by atoms with Gasteiger partial charge in [-0.1, -0.05) is 12.1 Å². The van der Waals surface area contributed by atoms with Crippen LogP contribution in [0.5, 0.6) is 0 Å². The van der Waals surface area contributed by atoms with Crippen molar-refractivity contribution in [2.45, 2.75) is 32.1 Å². The molecule has 12 heavy (non-hydrogen) atoms. The predicted molar refractivity (Wildman–Crippen MR) is 43.2 cm³/mol. The van der Waals surface area contributed by atoms with Crippen LogP contribution < -0.4 is 0 Å². The number of rotatable bonds is 3. The fraction of sp³-hybridized carbons (Fsp3) is 0.556. The van der Waals surface area contributed by atoms with Crippen molar-refractivity contribution in [1.29, 1.82) is 0 Å². The number of hydrogen-bond donors (Lipinski definition) is 0. The zero-order valence-corrected chi connectivity index (χ0v) is 7.04. The second kappa shape index (κ2) is 2.73. The minimum atomic E-state index is 0.470. The molecule has 2 rings (SSSR count). The van der Waals surface area contributed by atoms with Crippen molar-refractivity contribution in [2.24, 2.45) is 0 Å². The molecule has 0 aromatic carbocycles. The minimum Gasteiger partial charge on any atom is -0.360 e. The summed E-state index contributed by atoms with van der Waals surface area (Å²) in [6, 6.07) is 0. The molecule has 1 heterocycles. The van der Waals surface area contributed by atoms with Gasteiger partial charge in [0.1, 0.15) is 0 Å². The Morgan fingerprint density at radius 1 is 1.67 bits per heavy atom. The monoisotopic (exact) mass is 165 g/mol. The van der Waals surface area contributed by atoms with E-state index in [0.29, 0.717) is 11.5 Å². The standard InChI is InChI=1S/C9H11NO2/c1-2-8-7(5-11)9(12-10-8)6-3-4-6/h5-6H,2-4H2,1H3. The van der Waals surface area contributed by atoms with E-state index >= 15 is 0 Å². The first-order valence-corrected chi connectivity index (χ1v) is 4.30. The van der Waals surface area contributed by atoms with Gasteiger partial charge in [0.15, 0.2) is 12.0 Å². The average Bonchev–Trinajstić information content (AvgIpc) is 2.85. The van der Waals surface area contributed by atoms with E-state index in [0.717, 1.165) is 37.0 Å². The van der Waals surface area contributed by atoms with Gasteiger partial charge in [-0.3, -0.25) is 4.79 Å². The van der Waals surface area contributed by atoms with Crippen LogP contribution in [0.25, 0.3) is 0 Å². The van der Waals surface area contributed by atoms with Crippen LogP contribution >= 0.6 is 0 Å². The van der Waals surface area contributed by atoms with Crippen molar-refractivity contribution in [3.05, 3.63) is 17.0 Å². The third-order valence-electron chi connectivity index (χ3n) is 2.23. The van der Waals surface area contributed by atoms with Crippen LogP contribution in [0.15, 0.2) is 4.52 Å². The highest BCUT2D eigenvalue weighted by molar-refractivity contribution is 5.78. The summed E-state index contributed by atoms with van der Waals surface area (Å²) >= 11 is 0. The van der Waals surface area contributed by atoms with Gasteiger partial charge in [0.25, 0.3) is 0 Å². The van der Waals surface area contributed by atoms with E-state index in [1.165, 1.54) is 0 Å². The molecule has 1 aliphatic carbocycles. The van der Waals surface area contributed by atoms with Gasteiger partial charge in [-0.15, -0.1) is 0 Å². The molecule has 1 aromatic heterocycles. The largest absolute Gasteiger partial charge is 0.360 e. The Bertz CT molecular complexity index is 299. The maximum Gasteiger partial charge on any atom is 0.155 e. The summed E-state index contributed by atoms with van der Waals surface area (Å²) in [6.45, 7) is 1.97. The van der Waals surface area contributed by atoms with E-state index < -0.39 is 0 Å². The van der Waals surface area contributed by atoms with Crippen LogP contribution in [-0.2, 0) is 6.42 Å².